The summed E-state index contributed by atoms with van der Waals surface area (Å²) in [5, 5.41) is 0. The lowest BCUT2D eigenvalue weighted by Crippen LogP contribution is -2.66. The van der Waals surface area contributed by atoms with E-state index in [-0.39, 0.29) is 30.8 Å². The van der Waals surface area contributed by atoms with Crippen LogP contribution in [0.25, 0.3) is 0 Å². The van der Waals surface area contributed by atoms with Crippen LogP contribution in [0.4, 0.5) is 18.9 Å². The monoisotopic (exact) mass is 508 g/mol. The number of nitrogens with one attached hydrogen (secondary N) is 1. The SMILES string of the molecule is CC1(C)CC(=O)C2=C(C1)N(Cc1cccnc1)C(=O)C2(NS(=O)(=O)c1ccc(N)cc1)C(F)(F)F. The van der Waals surface area contributed by atoms with Gasteiger partial charge >= 0.3 is 6.18 Å². The number of hydrogen-bond acceptors (Lipinski definition) is 6. The van der Waals surface area contributed by atoms with Crippen LogP contribution in [-0.2, 0) is 26.2 Å². The maximum Gasteiger partial charge on any atom is 0.421 e. The van der Waals surface area contributed by atoms with E-state index in [9.17, 15) is 31.2 Å². The van der Waals surface area contributed by atoms with Gasteiger partial charge in [-0.25, -0.2) is 8.42 Å². The summed E-state index contributed by atoms with van der Waals surface area (Å²) in [4.78, 5) is 31.0. The van der Waals surface area contributed by atoms with Crippen LogP contribution in [0.5, 0.6) is 0 Å². The molecule has 8 nitrogen and oxygen atoms in total. The molecule has 0 fully saturated rings. The van der Waals surface area contributed by atoms with Crippen LogP contribution in [-0.4, -0.2) is 41.7 Å². The van der Waals surface area contributed by atoms with Crippen LogP contribution in [0.2, 0.25) is 0 Å². The Morgan fingerprint density at radius 1 is 1.11 bits per heavy atom. The van der Waals surface area contributed by atoms with Gasteiger partial charge < -0.3 is 10.6 Å². The number of anilines is 1. The Morgan fingerprint density at radius 2 is 1.77 bits per heavy atom. The highest BCUT2D eigenvalue weighted by Gasteiger charge is 2.72. The van der Waals surface area contributed by atoms with E-state index in [0.717, 1.165) is 17.0 Å². The average Bonchev–Trinajstić information content (AvgIpc) is 2.96. The quantitative estimate of drug-likeness (QED) is 0.599. The fourth-order valence-electron chi connectivity index (χ4n) is 4.54. The fourth-order valence-corrected chi connectivity index (χ4v) is 5.86. The van der Waals surface area contributed by atoms with Gasteiger partial charge in [-0.05, 0) is 47.7 Å². The minimum absolute atomic E-state index is 0.0263. The Labute approximate surface area is 200 Å². The number of allylic oxidation sites excluding steroid dienone is 1. The molecule has 3 N–H and O–H groups in total. The van der Waals surface area contributed by atoms with E-state index in [1.54, 1.807) is 30.7 Å². The van der Waals surface area contributed by atoms with E-state index in [1.165, 1.54) is 24.5 Å². The molecule has 4 rings (SSSR count). The number of nitrogens with zero attached hydrogens (tertiary/aromatic N) is 2. The second kappa shape index (κ2) is 8.16. The number of nitrogens with two attached hydrogens (primary N) is 1. The largest absolute Gasteiger partial charge is 0.421 e. The molecule has 1 aliphatic carbocycles. The summed E-state index contributed by atoms with van der Waals surface area (Å²) in [6.45, 7) is 3.09. The number of Topliss-reactive ketones (excluding diaryl/α,β-unsaturated/α-hetero) is 1. The molecule has 186 valence electrons. The Bertz CT molecular complexity index is 1320. The van der Waals surface area contributed by atoms with Crippen LogP contribution in [0.15, 0.2) is 65.0 Å². The lowest BCUT2D eigenvalue weighted by molar-refractivity contribution is -0.189. The summed E-state index contributed by atoms with van der Waals surface area (Å²) in [6.07, 6.45) is -2.90. The topological polar surface area (TPSA) is 122 Å². The number of alkyl halides is 3. The first-order chi connectivity index (χ1) is 16.2. The van der Waals surface area contributed by atoms with Crippen LogP contribution in [0.3, 0.4) is 0 Å². The van der Waals surface area contributed by atoms with Gasteiger partial charge in [-0.3, -0.25) is 14.6 Å². The van der Waals surface area contributed by atoms with Crippen molar-refractivity contribution in [3.8, 4) is 0 Å². The minimum atomic E-state index is -5.45. The molecule has 0 bridgehead atoms. The molecule has 2 aliphatic rings. The number of nitrogen functional groups attached to an aromatic ring is 1. The molecule has 12 heteroatoms. The molecular weight excluding hydrogens is 485 g/mol. The Morgan fingerprint density at radius 3 is 2.34 bits per heavy atom. The van der Waals surface area contributed by atoms with Crippen molar-refractivity contribution in [1.29, 1.82) is 0 Å². The van der Waals surface area contributed by atoms with E-state index >= 15 is 0 Å². The van der Waals surface area contributed by atoms with Gasteiger partial charge in [0.15, 0.2) is 5.78 Å². The maximum atomic E-state index is 14.8. The normalized spacial score (nSPS) is 22.5. The highest BCUT2D eigenvalue weighted by Crippen LogP contribution is 2.52. The standard InChI is InChI=1S/C23H23F3N4O4S/c1-21(2)10-17-19(18(31)11-21)22(23(24,25)26,20(32)30(17)13-14-4-3-9-28-12-14)29-35(33,34)16-7-5-15(27)6-8-16/h3-9,12,29H,10-11,13,27H2,1-2H3. The molecule has 35 heavy (non-hydrogen) atoms. The summed E-state index contributed by atoms with van der Waals surface area (Å²) in [6, 6.07) is 7.59. The number of carbonyl (C=O) groups is 2. The van der Waals surface area contributed by atoms with Crippen LogP contribution < -0.4 is 10.5 Å². The zero-order valence-electron chi connectivity index (χ0n) is 18.9. The molecule has 1 amide bonds. The van der Waals surface area contributed by atoms with Crippen molar-refractivity contribution in [2.45, 2.75) is 49.8 Å². The number of ketones is 1. The molecule has 2 heterocycles. The number of rotatable bonds is 5. The maximum absolute atomic E-state index is 14.8. The van der Waals surface area contributed by atoms with Crippen molar-refractivity contribution in [3.63, 3.8) is 0 Å². The summed E-state index contributed by atoms with van der Waals surface area (Å²) in [7, 11) is -4.91. The molecule has 0 radical (unpaired) electrons. The Hall–Kier alpha value is -3.25. The number of pyridine rings is 1. The second-order valence-electron chi connectivity index (χ2n) is 9.44. The summed E-state index contributed by atoms with van der Waals surface area (Å²) in [5.74, 6) is -2.51. The highest BCUT2D eigenvalue weighted by molar-refractivity contribution is 7.89. The van der Waals surface area contributed by atoms with E-state index in [4.69, 9.17) is 5.73 Å². The number of hydrogen-bond donors (Lipinski definition) is 2. The Kier molecular flexibility index (Phi) is 5.80. The zero-order chi connectivity index (χ0) is 25.8. The van der Waals surface area contributed by atoms with E-state index in [1.807, 2.05) is 0 Å². The molecule has 0 saturated carbocycles. The van der Waals surface area contributed by atoms with E-state index in [2.05, 4.69) is 4.98 Å². The molecule has 1 aliphatic heterocycles. The van der Waals surface area contributed by atoms with Gasteiger partial charge in [0.25, 0.3) is 5.91 Å². The smallest absolute Gasteiger partial charge is 0.399 e. The predicted molar refractivity (Wildman–Crippen MR) is 120 cm³/mol. The first-order valence-electron chi connectivity index (χ1n) is 10.6. The molecule has 2 aromatic rings. The van der Waals surface area contributed by atoms with Crippen LogP contribution >= 0.6 is 0 Å². The Balaban J connectivity index is 1.92. The third-order valence-corrected chi connectivity index (χ3v) is 7.55. The molecular formula is C23H23F3N4O4S. The van der Waals surface area contributed by atoms with Gasteiger partial charge in [-0.15, -0.1) is 0 Å². The molecule has 1 aromatic carbocycles. The van der Waals surface area contributed by atoms with Gasteiger partial charge in [0.05, 0.1) is 17.0 Å². The van der Waals surface area contributed by atoms with Crippen molar-refractivity contribution >= 4 is 27.4 Å². The number of amides is 1. The van der Waals surface area contributed by atoms with Crippen LogP contribution in [0, 0.1) is 5.41 Å². The summed E-state index contributed by atoms with van der Waals surface area (Å²) >= 11 is 0. The third-order valence-electron chi connectivity index (χ3n) is 6.09. The minimum Gasteiger partial charge on any atom is -0.399 e. The van der Waals surface area contributed by atoms with E-state index < -0.39 is 49.3 Å². The van der Waals surface area contributed by atoms with Crippen molar-refractivity contribution in [2.24, 2.45) is 5.41 Å². The predicted octanol–water partition coefficient (Wildman–Crippen LogP) is 2.93. The van der Waals surface area contributed by atoms with Gasteiger partial charge in [-0.1, -0.05) is 19.9 Å². The van der Waals surface area contributed by atoms with Crippen molar-refractivity contribution < 1.29 is 31.2 Å². The van der Waals surface area contributed by atoms with Crippen molar-refractivity contribution in [3.05, 3.63) is 65.6 Å². The number of sulfonamides is 1. The number of carbonyl (C=O) groups excluding carboxylic acids is 2. The summed E-state index contributed by atoms with van der Waals surface area (Å²) in [5.41, 5.74) is 0.658. The average molecular weight is 509 g/mol. The zero-order valence-corrected chi connectivity index (χ0v) is 19.7. The highest BCUT2D eigenvalue weighted by atomic mass is 32.2. The molecule has 0 spiro atoms. The number of aromatic nitrogens is 1. The van der Waals surface area contributed by atoms with Gasteiger partial charge in [0.2, 0.25) is 15.6 Å². The molecule has 1 aromatic heterocycles. The molecule has 1 atom stereocenters. The molecule has 0 saturated heterocycles. The lowest BCUT2D eigenvalue weighted by atomic mass is 9.72. The first-order valence-corrected chi connectivity index (χ1v) is 12.1. The first kappa shape index (κ1) is 24.9. The van der Waals surface area contributed by atoms with Gasteiger partial charge in [0.1, 0.15) is 0 Å². The van der Waals surface area contributed by atoms with Crippen molar-refractivity contribution in [2.75, 3.05) is 5.73 Å². The van der Waals surface area contributed by atoms with E-state index in [0.29, 0.717) is 5.56 Å². The third kappa shape index (κ3) is 4.20. The second-order valence-corrected chi connectivity index (χ2v) is 11.1. The van der Waals surface area contributed by atoms with Crippen molar-refractivity contribution in [1.82, 2.24) is 14.6 Å². The summed E-state index contributed by atoms with van der Waals surface area (Å²) < 4.78 is 72.3. The lowest BCUT2D eigenvalue weighted by Gasteiger charge is -2.35. The molecule has 1 unspecified atom stereocenters. The number of halogens is 3. The van der Waals surface area contributed by atoms with Gasteiger partial charge in [0, 0.05) is 30.2 Å². The number of benzene rings is 1. The van der Waals surface area contributed by atoms with Gasteiger partial charge in [-0.2, -0.15) is 17.9 Å². The fraction of sp³-hybridized carbons (Fsp3) is 0.348. The van der Waals surface area contributed by atoms with Crippen LogP contribution in [0.1, 0.15) is 32.3 Å².